The van der Waals surface area contributed by atoms with Crippen molar-refractivity contribution in [3.05, 3.63) is 59.4 Å². The standard InChI is InChI=1S/C22H20F2N4O2/c1-3-20(27-21(25)18-7-5-16(23)12-19(18)24)15-8-10-28(11-9-15)22(29)30-17-6-4-14(2)26-13-17/h1,4-7,12-13,15,25H,8-11H2,2H3/b25-21?,27-20+. The Morgan fingerprint density at radius 1 is 1.30 bits per heavy atom. The zero-order valence-electron chi connectivity index (χ0n) is 16.4. The van der Waals surface area contributed by atoms with Crippen molar-refractivity contribution < 1.29 is 18.3 Å². The lowest BCUT2D eigenvalue weighted by atomic mass is 9.92. The molecule has 2 aromatic rings. The van der Waals surface area contributed by atoms with Crippen LogP contribution in [0.25, 0.3) is 0 Å². The Bertz CT molecular complexity index is 1020. The van der Waals surface area contributed by atoms with Gasteiger partial charge >= 0.3 is 6.09 Å². The number of amides is 1. The second-order valence-electron chi connectivity index (χ2n) is 6.88. The van der Waals surface area contributed by atoms with Crippen molar-refractivity contribution in [1.82, 2.24) is 9.88 Å². The maximum absolute atomic E-state index is 13.9. The summed E-state index contributed by atoms with van der Waals surface area (Å²) in [7, 11) is 0. The summed E-state index contributed by atoms with van der Waals surface area (Å²) >= 11 is 0. The molecule has 1 aromatic carbocycles. The van der Waals surface area contributed by atoms with E-state index in [1.807, 2.05) is 6.92 Å². The number of rotatable bonds is 3. The monoisotopic (exact) mass is 410 g/mol. The van der Waals surface area contributed by atoms with Gasteiger partial charge in [-0.15, -0.1) is 6.42 Å². The van der Waals surface area contributed by atoms with Crippen LogP contribution in [0.2, 0.25) is 0 Å². The third-order valence-electron chi connectivity index (χ3n) is 4.80. The molecule has 2 heterocycles. The number of carbonyl (C=O) groups excluding carboxylic acids is 1. The number of aromatic nitrogens is 1. The molecule has 1 aliphatic rings. The summed E-state index contributed by atoms with van der Waals surface area (Å²) in [5, 5.41) is 8.01. The van der Waals surface area contributed by atoms with Gasteiger partial charge in [-0.3, -0.25) is 10.4 Å². The Hall–Kier alpha value is -3.60. The fraction of sp³-hybridized carbons (Fsp3) is 0.273. The molecule has 0 saturated carbocycles. The summed E-state index contributed by atoms with van der Waals surface area (Å²) in [5.41, 5.74) is 0.999. The molecule has 0 aliphatic carbocycles. The second kappa shape index (κ2) is 9.27. The number of likely N-dealkylation sites (tertiary alicyclic amines) is 1. The van der Waals surface area contributed by atoms with E-state index < -0.39 is 17.7 Å². The highest BCUT2D eigenvalue weighted by Gasteiger charge is 2.27. The summed E-state index contributed by atoms with van der Waals surface area (Å²) in [5.74, 6) is 0.713. The summed E-state index contributed by atoms with van der Waals surface area (Å²) < 4.78 is 32.3. The molecule has 1 saturated heterocycles. The average molecular weight is 410 g/mol. The molecular formula is C22H20F2N4O2. The number of aliphatic imine (C=N–C) groups is 1. The number of pyridine rings is 1. The van der Waals surface area contributed by atoms with Gasteiger partial charge in [0.05, 0.1) is 17.5 Å². The van der Waals surface area contributed by atoms with E-state index in [4.69, 9.17) is 16.6 Å². The zero-order valence-corrected chi connectivity index (χ0v) is 16.4. The molecule has 1 N–H and O–H groups in total. The predicted molar refractivity (Wildman–Crippen MR) is 109 cm³/mol. The first kappa shape index (κ1) is 21.1. The molecule has 0 spiro atoms. The lowest BCUT2D eigenvalue weighted by molar-refractivity contribution is 0.138. The molecule has 3 rings (SSSR count). The Morgan fingerprint density at radius 2 is 2.03 bits per heavy atom. The fourth-order valence-corrected chi connectivity index (χ4v) is 3.12. The Morgan fingerprint density at radius 3 is 2.63 bits per heavy atom. The van der Waals surface area contributed by atoms with Gasteiger partial charge in [0.15, 0.2) is 11.6 Å². The number of ether oxygens (including phenoxy) is 1. The van der Waals surface area contributed by atoms with Gasteiger partial charge in [0.2, 0.25) is 0 Å². The number of hydrogen-bond donors (Lipinski definition) is 1. The van der Waals surface area contributed by atoms with Crippen molar-refractivity contribution >= 4 is 17.6 Å². The summed E-state index contributed by atoms with van der Waals surface area (Å²) in [6.45, 7) is 2.65. The van der Waals surface area contributed by atoms with E-state index in [-0.39, 0.29) is 17.3 Å². The van der Waals surface area contributed by atoms with E-state index in [0.29, 0.717) is 43.5 Å². The first-order chi connectivity index (χ1) is 14.4. The van der Waals surface area contributed by atoms with Crippen LogP contribution < -0.4 is 4.74 Å². The minimum atomic E-state index is -0.872. The number of piperidine rings is 1. The van der Waals surface area contributed by atoms with Crippen molar-refractivity contribution in [2.75, 3.05) is 13.1 Å². The van der Waals surface area contributed by atoms with Crippen LogP contribution >= 0.6 is 0 Å². The number of hydrogen-bond acceptors (Lipinski definition) is 4. The third kappa shape index (κ3) is 5.06. The molecule has 1 aliphatic heterocycles. The number of halogens is 2. The smallest absolute Gasteiger partial charge is 0.409 e. The average Bonchev–Trinajstić information content (AvgIpc) is 2.73. The summed E-state index contributed by atoms with van der Waals surface area (Å²) in [6, 6.07) is 6.34. The molecule has 1 fully saturated rings. The van der Waals surface area contributed by atoms with Crippen molar-refractivity contribution in [2.24, 2.45) is 10.9 Å². The molecule has 154 valence electrons. The molecule has 0 unspecified atom stereocenters. The van der Waals surface area contributed by atoms with Gasteiger partial charge in [0.1, 0.15) is 11.6 Å². The summed E-state index contributed by atoms with van der Waals surface area (Å²) in [4.78, 5) is 22.1. The highest BCUT2D eigenvalue weighted by atomic mass is 19.1. The van der Waals surface area contributed by atoms with Gasteiger partial charge < -0.3 is 9.64 Å². The third-order valence-corrected chi connectivity index (χ3v) is 4.80. The van der Waals surface area contributed by atoms with E-state index in [2.05, 4.69) is 15.9 Å². The molecule has 0 atom stereocenters. The maximum atomic E-state index is 13.9. The van der Waals surface area contributed by atoms with Crippen LogP contribution in [0, 0.1) is 42.2 Å². The van der Waals surface area contributed by atoms with Gasteiger partial charge in [0.25, 0.3) is 0 Å². The Labute approximate surface area is 173 Å². The van der Waals surface area contributed by atoms with Crippen LogP contribution in [-0.2, 0) is 0 Å². The molecular weight excluding hydrogens is 390 g/mol. The van der Waals surface area contributed by atoms with E-state index in [1.54, 1.807) is 17.0 Å². The lowest BCUT2D eigenvalue weighted by Gasteiger charge is -2.30. The number of nitrogens with zero attached hydrogens (tertiary/aromatic N) is 3. The van der Waals surface area contributed by atoms with Crippen molar-refractivity contribution in [3.8, 4) is 18.1 Å². The Balaban J connectivity index is 1.61. The number of nitrogens with one attached hydrogen (secondary N) is 1. The minimum Gasteiger partial charge on any atom is -0.409 e. The highest BCUT2D eigenvalue weighted by Crippen LogP contribution is 2.21. The quantitative estimate of drug-likeness (QED) is 0.472. The predicted octanol–water partition coefficient (Wildman–Crippen LogP) is 3.98. The summed E-state index contributed by atoms with van der Waals surface area (Å²) in [6.07, 6.45) is 7.64. The SMILES string of the molecule is C#C/C(=N\C(=N)c1ccc(F)cc1F)C1CCN(C(=O)Oc2ccc(C)nc2)CC1. The van der Waals surface area contributed by atoms with E-state index >= 15 is 0 Å². The van der Waals surface area contributed by atoms with Crippen LogP contribution in [0.1, 0.15) is 24.1 Å². The van der Waals surface area contributed by atoms with Crippen molar-refractivity contribution in [2.45, 2.75) is 19.8 Å². The molecule has 1 aromatic heterocycles. The minimum absolute atomic E-state index is 0.128. The fourth-order valence-electron chi connectivity index (χ4n) is 3.12. The van der Waals surface area contributed by atoms with Crippen LogP contribution in [-0.4, -0.2) is 40.6 Å². The number of carbonyl (C=O) groups is 1. The van der Waals surface area contributed by atoms with E-state index in [9.17, 15) is 13.6 Å². The first-order valence-corrected chi connectivity index (χ1v) is 9.36. The van der Waals surface area contributed by atoms with Crippen molar-refractivity contribution in [3.63, 3.8) is 0 Å². The molecule has 0 radical (unpaired) electrons. The second-order valence-corrected chi connectivity index (χ2v) is 6.88. The molecule has 8 heteroatoms. The van der Waals surface area contributed by atoms with Gasteiger partial charge in [-0.05, 0) is 44.0 Å². The van der Waals surface area contributed by atoms with Crippen LogP contribution in [0.15, 0.2) is 41.5 Å². The van der Waals surface area contributed by atoms with Crippen LogP contribution in [0.3, 0.4) is 0 Å². The van der Waals surface area contributed by atoms with Gasteiger partial charge in [0, 0.05) is 30.8 Å². The normalized spacial score (nSPS) is 14.9. The maximum Gasteiger partial charge on any atom is 0.415 e. The molecule has 30 heavy (non-hydrogen) atoms. The van der Waals surface area contributed by atoms with Gasteiger partial charge in [-0.2, -0.15) is 0 Å². The first-order valence-electron chi connectivity index (χ1n) is 9.36. The number of amidine groups is 1. The zero-order chi connectivity index (χ0) is 21.7. The van der Waals surface area contributed by atoms with Gasteiger partial charge in [-0.25, -0.2) is 18.6 Å². The van der Waals surface area contributed by atoms with E-state index in [1.165, 1.54) is 6.20 Å². The van der Waals surface area contributed by atoms with Crippen LogP contribution in [0.4, 0.5) is 13.6 Å². The number of benzene rings is 1. The van der Waals surface area contributed by atoms with E-state index in [0.717, 1.165) is 17.8 Å². The molecule has 0 bridgehead atoms. The highest BCUT2D eigenvalue weighted by molar-refractivity contribution is 6.12. The Kier molecular flexibility index (Phi) is 6.52. The topological polar surface area (TPSA) is 78.6 Å². The number of aryl methyl sites for hydroxylation is 1. The van der Waals surface area contributed by atoms with Gasteiger partial charge in [-0.1, -0.05) is 5.92 Å². The molecule has 6 nitrogen and oxygen atoms in total. The molecule has 1 amide bonds. The van der Waals surface area contributed by atoms with Crippen molar-refractivity contribution in [1.29, 1.82) is 5.41 Å². The van der Waals surface area contributed by atoms with Crippen LogP contribution in [0.5, 0.6) is 5.75 Å². The lowest BCUT2D eigenvalue weighted by Crippen LogP contribution is -2.41. The number of terminal acetylenes is 1. The largest absolute Gasteiger partial charge is 0.415 e.